The zero-order chi connectivity index (χ0) is 16.6. The van der Waals surface area contributed by atoms with Gasteiger partial charge in [-0.15, -0.1) is 0 Å². The molecule has 122 valence electrons. The molecule has 1 aromatic carbocycles. The van der Waals surface area contributed by atoms with E-state index in [1.165, 1.54) is 4.90 Å². The van der Waals surface area contributed by atoms with E-state index in [-0.39, 0.29) is 30.2 Å². The first-order valence-electron chi connectivity index (χ1n) is 7.89. The van der Waals surface area contributed by atoms with Crippen molar-refractivity contribution in [2.75, 3.05) is 0 Å². The van der Waals surface area contributed by atoms with Crippen LogP contribution < -0.4 is 11.1 Å². The number of amides is 2. The van der Waals surface area contributed by atoms with Gasteiger partial charge in [-0.1, -0.05) is 29.8 Å². The normalized spacial score (nSPS) is 23.8. The third-order valence-electron chi connectivity index (χ3n) is 4.21. The maximum atomic E-state index is 12.7. The summed E-state index contributed by atoms with van der Waals surface area (Å²) in [5.41, 5.74) is 6.95. The lowest BCUT2D eigenvalue weighted by Gasteiger charge is -2.22. The fourth-order valence-corrected chi connectivity index (χ4v) is 2.84. The molecule has 0 saturated heterocycles. The Kier molecular flexibility index (Phi) is 3.83. The first kappa shape index (κ1) is 15.5. The Morgan fingerprint density at radius 1 is 1.48 bits per heavy atom. The van der Waals surface area contributed by atoms with E-state index in [0.717, 1.165) is 24.0 Å². The molecule has 1 aliphatic carbocycles. The van der Waals surface area contributed by atoms with Crippen LogP contribution in [0.2, 0.25) is 0 Å². The Morgan fingerprint density at radius 3 is 2.87 bits per heavy atom. The van der Waals surface area contributed by atoms with E-state index in [1.54, 1.807) is 6.92 Å². The Morgan fingerprint density at radius 2 is 2.22 bits per heavy atom. The predicted octanol–water partition coefficient (Wildman–Crippen LogP) is 1.08. The number of rotatable bonds is 5. The van der Waals surface area contributed by atoms with E-state index in [4.69, 9.17) is 5.73 Å². The van der Waals surface area contributed by atoms with E-state index >= 15 is 0 Å². The molecular weight excluding hydrogens is 292 g/mol. The van der Waals surface area contributed by atoms with Crippen molar-refractivity contribution < 1.29 is 9.59 Å². The molecule has 1 atom stereocenters. The van der Waals surface area contributed by atoms with Gasteiger partial charge < -0.3 is 11.1 Å². The Labute approximate surface area is 135 Å². The van der Waals surface area contributed by atoms with E-state index in [2.05, 4.69) is 10.3 Å². The van der Waals surface area contributed by atoms with Crippen LogP contribution in [0, 0.1) is 6.92 Å². The van der Waals surface area contributed by atoms with Gasteiger partial charge in [-0.3, -0.25) is 14.5 Å². The second-order valence-electron chi connectivity index (χ2n) is 6.64. The number of nitrogens with two attached hydrogens (primary N) is 1. The van der Waals surface area contributed by atoms with Crippen molar-refractivity contribution in [1.29, 1.82) is 0 Å². The predicted molar refractivity (Wildman–Crippen MR) is 87.5 cm³/mol. The SMILES string of the molecule is Cc1cccc(CN2C(=O)C(C)(CC(=O)NC3CC3)N=C2N)c1. The van der Waals surface area contributed by atoms with Gasteiger partial charge in [0, 0.05) is 6.04 Å². The zero-order valence-electron chi connectivity index (χ0n) is 13.5. The van der Waals surface area contributed by atoms with Crippen LogP contribution in [0.15, 0.2) is 29.3 Å². The van der Waals surface area contributed by atoms with Crippen molar-refractivity contribution in [1.82, 2.24) is 10.2 Å². The Balaban J connectivity index is 1.70. The highest BCUT2D eigenvalue weighted by Crippen LogP contribution is 2.27. The molecule has 1 aromatic rings. The molecular formula is C17H22N4O2. The van der Waals surface area contributed by atoms with Crippen LogP contribution in [-0.4, -0.2) is 34.3 Å². The summed E-state index contributed by atoms with van der Waals surface area (Å²) in [6.07, 6.45) is 2.07. The second-order valence-corrected chi connectivity index (χ2v) is 6.64. The van der Waals surface area contributed by atoms with Gasteiger partial charge >= 0.3 is 0 Å². The van der Waals surface area contributed by atoms with E-state index in [1.807, 2.05) is 31.2 Å². The summed E-state index contributed by atoms with van der Waals surface area (Å²) < 4.78 is 0. The smallest absolute Gasteiger partial charge is 0.257 e. The van der Waals surface area contributed by atoms with Gasteiger partial charge in [0.2, 0.25) is 5.91 Å². The Bertz CT molecular complexity index is 681. The van der Waals surface area contributed by atoms with Crippen molar-refractivity contribution >= 4 is 17.8 Å². The average Bonchev–Trinajstić information content (AvgIpc) is 3.24. The third kappa shape index (κ3) is 3.36. The molecule has 0 bridgehead atoms. The molecule has 6 heteroatoms. The van der Waals surface area contributed by atoms with Crippen LogP contribution in [0.25, 0.3) is 0 Å². The molecule has 1 fully saturated rings. The highest BCUT2D eigenvalue weighted by molar-refractivity contribution is 6.08. The van der Waals surface area contributed by atoms with Crippen molar-refractivity contribution in [3.8, 4) is 0 Å². The first-order chi connectivity index (χ1) is 10.9. The van der Waals surface area contributed by atoms with Gasteiger partial charge in [0.15, 0.2) is 5.96 Å². The number of nitrogens with zero attached hydrogens (tertiary/aromatic N) is 2. The van der Waals surface area contributed by atoms with Gasteiger partial charge in [-0.2, -0.15) is 0 Å². The molecule has 2 amide bonds. The number of carbonyl (C=O) groups excluding carboxylic acids is 2. The van der Waals surface area contributed by atoms with Gasteiger partial charge in [0.1, 0.15) is 5.54 Å². The maximum absolute atomic E-state index is 12.7. The van der Waals surface area contributed by atoms with E-state index in [9.17, 15) is 9.59 Å². The summed E-state index contributed by atoms with van der Waals surface area (Å²) in [6, 6.07) is 8.17. The van der Waals surface area contributed by atoms with Crippen LogP contribution in [0.5, 0.6) is 0 Å². The molecule has 23 heavy (non-hydrogen) atoms. The highest BCUT2D eigenvalue weighted by atomic mass is 16.2. The average molecular weight is 314 g/mol. The number of aryl methyl sites for hydroxylation is 1. The summed E-state index contributed by atoms with van der Waals surface area (Å²) in [7, 11) is 0. The summed E-state index contributed by atoms with van der Waals surface area (Å²) in [4.78, 5) is 30.5. The minimum absolute atomic E-state index is 0.0351. The monoisotopic (exact) mass is 314 g/mol. The van der Waals surface area contributed by atoms with Crippen molar-refractivity contribution in [2.45, 2.75) is 51.2 Å². The number of carbonyl (C=O) groups is 2. The topological polar surface area (TPSA) is 87.8 Å². The quantitative estimate of drug-likeness (QED) is 0.852. The lowest BCUT2D eigenvalue weighted by molar-refractivity contribution is -0.134. The van der Waals surface area contributed by atoms with E-state index in [0.29, 0.717) is 6.54 Å². The maximum Gasteiger partial charge on any atom is 0.257 e. The van der Waals surface area contributed by atoms with Crippen LogP contribution in [0.1, 0.15) is 37.3 Å². The fraction of sp³-hybridized carbons (Fsp3) is 0.471. The Hall–Kier alpha value is -2.37. The van der Waals surface area contributed by atoms with Gasteiger partial charge in [0.25, 0.3) is 5.91 Å². The highest BCUT2D eigenvalue weighted by Gasteiger charge is 2.45. The summed E-state index contributed by atoms with van der Waals surface area (Å²) >= 11 is 0. The van der Waals surface area contributed by atoms with Gasteiger partial charge in [-0.25, -0.2) is 4.99 Å². The fourth-order valence-electron chi connectivity index (χ4n) is 2.84. The van der Waals surface area contributed by atoms with E-state index < -0.39 is 5.54 Å². The number of nitrogens with one attached hydrogen (secondary N) is 1. The number of guanidine groups is 1. The minimum atomic E-state index is -1.10. The van der Waals surface area contributed by atoms with Crippen molar-refractivity contribution in [3.05, 3.63) is 35.4 Å². The van der Waals surface area contributed by atoms with Crippen LogP contribution >= 0.6 is 0 Å². The molecule has 0 aromatic heterocycles. The lowest BCUT2D eigenvalue weighted by Crippen LogP contribution is -2.44. The summed E-state index contributed by atoms with van der Waals surface area (Å²) in [6.45, 7) is 4.04. The standard InChI is InChI=1S/C17H22N4O2/c1-11-4-3-5-12(8-11)10-21-15(23)17(2,20-16(21)18)9-14(22)19-13-6-7-13/h3-5,8,13H,6-7,9-10H2,1-2H3,(H2,18,20)(H,19,22). The molecule has 2 aliphatic rings. The molecule has 1 saturated carbocycles. The molecule has 3 rings (SSSR count). The van der Waals surface area contributed by atoms with Gasteiger partial charge in [-0.05, 0) is 32.3 Å². The minimum Gasteiger partial charge on any atom is -0.369 e. The van der Waals surface area contributed by atoms with Crippen molar-refractivity contribution in [2.24, 2.45) is 10.7 Å². The van der Waals surface area contributed by atoms with Crippen molar-refractivity contribution in [3.63, 3.8) is 0 Å². The molecule has 1 heterocycles. The molecule has 0 spiro atoms. The summed E-state index contributed by atoms with van der Waals surface area (Å²) in [5, 5.41) is 2.89. The first-order valence-corrected chi connectivity index (χ1v) is 7.89. The largest absolute Gasteiger partial charge is 0.369 e. The van der Waals surface area contributed by atoms with Crippen LogP contribution in [-0.2, 0) is 16.1 Å². The molecule has 1 aliphatic heterocycles. The molecule has 3 N–H and O–H groups in total. The molecule has 1 unspecified atom stereocenters. The zero-order valence-corrected chi connectivity index (χ0v) is 13.5. The lowest BCUT2D eigenvalue weighted by atomic mass is 9.97. The molecule has 0 radical (unpaired) electrons. The number of hydrogen-bond acceptors (Lipinski definition) is 4. The number of aliphatic imine (C=N–C) groups is 1. The van der Waals surface area contributed by atoms with Crippen LogP contribution in [0.3, 0.4) is 0 Å². The second kappa shape index (κ2) is 5.68. The summed E-state index contributed by atoms with van der Waals surface area (Å²) in [5.74, 6) is -0.182. The number of hydrogen-bond donors (Lipinski definition) is 2. The molecule has 6 nitrogen and oxygen atoms in total. The van der Waals surface area contributed by atoms with Crippen LogP contribution in [0.4, 0.5) is 0 Å². The third-order valence-corrected chi connectivity index (χ3v) is 4.21. The van der Waals surface area contributed by atoms with Gasteiger partial charge in [0.05, 0.1) is 13.0 Å². The number of benzene rings is 1.